The first-order valence-electron chi connectivity index (χ1n) is 10.5. The molecule has 1 atom stereocenters. The number of rotatable bonds is 6. The lowest BCUT2D eigenvalue weighted by Crippen LogP contribution is -2.48. The number of fused-ring (bicyclic) bond motifs is 1. The van der Waals surface area contributed by atoms with Crippen LogP contribution in [0.1, 0.15) is 35.9 Å². The molecular weight excluding hydrogens is 447 g/mol. The summed E-state index contributed by atoms with van der Waals surface area (Å²) in [6, 6.07) is 15.5. The van der Waals surface area contributed by atoms with Crippen molar-refractivity contribution >= 4 is 27.3 Å². The minimum Gasteiger partial charge on any atom is -0.330 e. The van der Waals surface area contributed by atoms with E-state index in [9.17, 15) is 17.6 Å². The van der Waals surface area contributed by atoms with Gasteiger partial charge in [-0.05, 0) is 67.1 Å². The molecule has 2 aromatic carbocycles. The molecule has 1 aromatic heterocycles. The zero-order chi connectivity index (χ0) is 22.9. The fourth-order valence-corrected chi connectivity index (χ4v) is 6.60. The molecule has 3 aromatic rings. The van der Waals surface area contributed by atoms with Crippen LogP contribution in [0.4, 0.5) is 4.39 Å². The fourth-order valence-electron chi connectivity index (χ4n) is 4.09. The zero-order valence-corrected chi connectivity index (χ0v) is 19.6. The first-order valence-corrected chi connectivity index (χ1v) is 12.8. The largest absolute Gasteiger partial charge is 0.330 e. The van der Waals surface area contributed by atoms with Crippen molar-refractivity contribution in [3.8, 4) is 0 Å². The van der Waals surface area contributed by atoms with E-state index in [1.807, 2.05) is 11.4 Å². The lowest BCUT2D eigenvalue weighted by molar-refractivity contribution is -0.133. The van der Waals surface area contributed by atoms with Gasteiger partial charge in [-0.15, -0.1) is 11.3 Å². The van der Waals surface area contributed by atoms with Crippen LogP contribution in [-0.4, -0.2) is 42.7 Å². The van der Waals surface area contributed by atoms with Crippen molar-refractivity contribution in [2.45, 2.75) is 37.2 Å². The molecule has 0 saturated carbocycles. The number of hydrogen-bond acceptors (Lipinski definition) is 4. The number of hydrogen-bond donors (Lipinski definition) is 0. The predicted octanol–water partition coefficient (Wildman–Crippen LogP) is 4.46. The standard InChI is InChI=1S/C24H25FN2O3S2/c1-17(2)27(32(29,30)20-6-4-3-5-7-20)16-23(28)26-14-12-22-21(13-15-31-22)24(26)18-8-10-19(25)11-9-18/h3-11,13,15,17,24H,12,14,16H2,1-2H3. The maximum absolute atomic E-state index is 13.5. The van der Waals surface area contributed by atoms with E-state index in [2.05, 4.69) is 0 Å². The van der Waals surface area contributed by atoms with E-state index in [-0.39, 0.29) is 29.2 Å². The van der Waals surface area contributed by atoms with Crippen molar-refractivity contribution < 1.29 is 17.6 Å². The van der Waals surface area contributed by atoms with Crippen LogP contribution in [0.2, 0.25) is 0 Å². The van der Waals surface area contributed by atoms with Crippen LogP contribution in [0.3, 0.4) is 0 Å². The molecule has 0 spiro atoms. The third kappa shape index (κ3) is 4.35. The van der Waals surface area contributed by atoms with Crippen molar-refractivity contribution in [1.82, 2.24) is 9.21 Å². The van der Waals surface area contributed by atoms with Crippen LogP contribution in [0.5, 0.6) is 0 Å². The minimum absolute atomic E-state index is 0.162. The highest BCUT2D eigenvalue weighted by Gasteiger charge is 2.36. The summed E-state index contributed by atoms with van der Waals surface area (Å²) in [5, 5.41) is 2.00. The number of halogens is 1. The summed E-state index contributed by atoms with van der Waals surface area (Å²) < 4.78 is 41.3. The summed E-state index contributed by atoms with van der Waals surface area (Å²) in [5.74, 6) is -0.614. The summed E-state index contributed by atoms with van der Waals surface area (Å²) >= 11 is 1.64. The Morgan fingerprint density at radius 1 is 1.12 bits per heavy atom. The molecule has 0 saturated heterocycles. The minimum atomic E-state index is -3.83. The van der Waals surface area contributed by atoms with Gasteiger partial charge in [-0.1, -0.05) is 30.3 Å². The smallest absolute Gasteiger partial charge is 0.243 e. The van der Waals surface area contributed by atoms with Crippen molar-refractivity contribution in [3.63, 3.8) is 0 Å². The highest BCUT2D eigenvalue weighted by Crippen LogP contribution is 2.38. The van der Waals surface area contributed by atoms with Gasteiger partial charge in [0.05, 0.1) is 17.5 Å². The van der Waals surface area contributed by atoms with Gasteiger partial charge in [0, 0.05) is 17.5 Å². The van der Waals surface area contributed by atoms with Gasteiger partial charge in [0.1, 0.15) is 5.82 Å². The average molecular weight is 473 g/mol. The van der Waals surface area contributed by atoms with E-state index in [0.717, 1.165) is 11.1 Å². The maximum Gasteiger partial charge on any atom is 0.243 e. The molecule has 1 aliphatic heterocycles. The number of nitrogens with zero attached hydrogens (tertiary/aromatic N) is 2. The highest BCUT2D eigenvalue weighted by atomic mass is 32.2. The number of amides is 1. The molecule has 4 rings (SSSR count). The molecule has 2 heterocycles. The van der Waals surface area contributed by atoms with Crippen molar-refractivity contribution in [2.24, 2.45) is 0 Å². The second kappa shape index (κ2) is 9.13. The van der Waals surface area contributed by atoms with Crippen LogP contribution in [0.25, 0.3) is 0 Å². The Labute approximate surface area is 192 Å². The quantitative estimate of drug-likeness (QED) is 0.532. The highest BCUT2D eigenvalue weighted by molar-refractivity contribution is 7.89. The molecule has 0 fully saturated rings. The van der Waals surface area contributed by atoms with Gasteiger partial charge >= 0.3 is 0 Å². The third-order valence-electron chi connectivity index (χ3n) is 5.69. The topological polar surface area (TPSA) is 57.7 Å². The summed E-state index contributed by atoms with van der Waals surface area (Å²) in [6.07, 6.45) is 0.712. The van der Waals surface area contributed by atoms with Crippen LogP contribution < -0.4 is 0 Å². The number of carbonyl (C=O) groups excluding carboxylic acids is 1. The van der Waals surface area contributed by atoms with Gasteiger partial charge in [0.2, 0.25) is 15.9 Å². The van der Waals surface area contributed by atoms with Gasteiger partial charge in [-0.2, -0.15) is 4.31 Å². The zero-order valence-electron chi connectivity index (χ0n) is 17.9. The van der Waals surface area contributed by atoms with E-state index >= 15 is 0 Å². The Morgan fingerprint density at radius 2 is 1.81 bits per heavy atom. The SMILES string of the molecule is CC(C)N(CC(=O)N1CCc2sccc2C1c1ccc(F)cc1)S(=O)(=O)c1ccccc1. The molecule has 5 nitrogen and oxygen atoms in total. The summed E-state index contributed by atoms with van der Waals surface area (Å²) in [4.78, 5) is 16.6. The molecule has 168 valence electrons. The number of benzene rings is 2. The second-order valence-electron chi connectivity index (χ2n) is 8.05. The molecule has 0 aliphatic carbocycles. The Bertz CT molecular complexity index is 1190. The molecule has 0 bridgehead atoms. The Kier molecular flexibility index (Phi) is 6.46. The summed E-state index contributed by atoms with van der Waals surface area (Å²) in [7, 11) is -3.83. The second-order valence-corrected chi connectivity index (χ2v) is 10.9. The number of carbonyl (C=O) groups is 1. The number of thiophene rings is 1. The van der Waals surface area contributed by atoms with Crippen LogP contribution in [0.15, 0.2) is 70.9 Å². The van der Waals surface area contributed by atoms with Gasteiger partial charge in [0.15, 0.2) is 0 Å². The van der Waals surface area contributed by atoms with E-state index in [1.165, 1.54) is 33.4 Å². The first kappa shape index (κ1) is 22.6. The van der Waals surface area contributed by atoms with Gasteiger partial charge in [-0.3, -0.25) is 4.79 Å². The number of sulfonamides is 1. The lowest BCUT2D eigenvalue weighted by Gasteiger charge is -2.38. The van der Waals surface area contributed by atoms with Gasteiger partial charge in [0.25, 0.3) is 0 Å². The normalized spacial score (nSPS) is 16.4. The molecule has 8 heteroatoms. The van der Waals surface area contributed by atoms with E-state index < -0.39 is 16.1 Å². The Hall–Kier alpha value is -2.55. The van der Waals surface area contributed by atoms with E-state index in [0.29, 0.717) is 13.0 Å². The van der Waals surface area contributed by atoms with Crippen molar-refractivity contribution in [1.29, 1.82) is 0 Å². The van der Waals surface area contributed by atoms with E-state index in [1.54, 1.807) is 60.4 Å². The molecule has 0 N–H and O–H groups in total. The summed E-state index contributed by atoms with van der Waals surface area (Å²) in [6.45, 7) is 3.74. The lowest BCUT2D eigenvalue weighted by atomic mass is 9.93. The van der Waals surface area contributed by atoms with Crippen LogP contribution in [-0.2, 0) is 21.2 Å². The fraction of sp³-hybridized carbons (Fsp3) is 0.292. The van der Waals surface area contributed by atoms with Crippen molar-refractivity contribution in [3.05, 3.63) is 87.9 Å². The Morgan fingerprint density at radius 3 is 2.47 bits per heavy atom. The molecule has 1 unspecified atom stereocenters. The molecule has 1 amide bonds. The summed E-state index contributed by atoms with van der Waals surface area (Å²) in [5.41, 5.74) is 1.82. The third-order valence-corrected chi connectivity index (χ3v) is 8.72. The average Bonchev–Trinajstić information content (AvgIpc) is 3.26. The predicted molar refractivity (Wildman–Crippen MR) is 123 cm³/mol. The van der Waals surface area contributed by atoms with Gasteiger partial charge in [-0.25, -0.2) is 12.8 Å². The van der Waals surface area contributed by atoms with E-state index in [4.69, 9.17) is 0 Å². The molecule has 1 aliphatic rings. The van der Waals surface area contributed by atoms with Crippen LogP contribution in [0, 0.1) is 5.82 Å². The van der Waals surface area contributed by atoms with Gasteiger partial charge < -0.3 is 4.90 Å². The molecular formula is C24H25FN2O3S2. The molecule has 0 radical (unpaired) electrons. The first-order chi connectivity index (χ1) is 15.3. The van der Waals surface area contributed by atoms with Crippen molar-refractivity contribution in [2.75, 3.05) is 13.1 Å². The Balaban J connectivity index is 1.67. The monoisotopic (exact) mass is 472 g/mol. The molecule has 32 heavy (non-hydrogen) atoms. The maximum atomic E-state index is 13.5. The van der Waals surface area contributed by atoms with Crippen LogP contribution >= 0.6 is 11.3 Å².